The maximum atomic E-state index is 6.02. The van der Waals surface area contributed by atoms with Gasteiger partial charge in [-0.25, -0.2) is 0 Å². The van der Waals surface area contributed by atoms with Crippen molar-refractivity contribution >= 4 is 11.6 Å². The highest BCUT2D eigenvalue weighted by molar-refractivity contribution is 6.31. The highest BCUT2D eigenvalue weighted by atomic mass is 35.5. The lowest BCUT2D eigenvalue weighted by Crippen LogP contribution is -1.92. The van der Waals surface area contributed by atoms with Gasteiger partial charge in [0.2, 0.25) is 0 Å². The fourth-order valence-corrected chi connectivity index (χ4v) is 1.48. The molecule has 0 fully saturated rings. The van der Waals surface area contributed by atoms with Crippen LogP contribution in [0.2, 0.25) is 5.02 Å². The molecule has 1 aromatic carbocycles. The first-order chi connectivity index (χ1) is 7.20. The second-order valence-electron chi connectivity index (χ2n) is 3.35. The Hall–Kier alpha value is -1.32. The van der Waals surface area contributed by atoms with Crippen LogP contribution in [-0.4, -0.2) is 5.16 Å². The number of rotatable bonds is 2. The molecule has 0 amide bonds. The van der Waals surface area contributed by atoms with Gasteiger partial charge in [0.15, 0.2) is 5.76 Å². The predicted molar refractivity (Wildman–Crippen MR) is 59.6 cm³/mol. The van der Waals surface area contributed by atoms with Crippen molar-refractivity contribution in [3.05, 3.63) is 40.6 Å². The molecule has 0 spiro atoms. The fourth-order valence-electron chi connectivity index (χ4n) is 1.30. The van der Waals surface area contributed by atoms with E-state index in [-0.39, 0.29) is 0 Å². The Morgan fingerprint density at radius 2 is 2.20 bits per heavy atom. The van der Waals surface area contributed by atoms with Crippen LogP contribution in [0.4, 0.5) is 0 Å². The molecule has 2 N–H and O–H groups in total. The van der Waals surface area contributed by atoms with Crippen LogP contribution in [0.15, 0.2) is 28.8 Å². The van der Waals surface area contributed by atoms with Crippen LogP contribution in [0.25, 0.3) is 11.3 Å². The third-order valence-corrected chi connectivity index (χ3v) is 2.63. The number of nitrogens with zero attached hydrogens (tertiary/aromatic N) is 1. The van der Waals surface area contributed by atoms with Crippen molar-refractivity contribution in [3.63, 3.8) is 0 Å². The zero-order valence-corrected chi connectivity index (χ0v) is 9.08. The lowest BCUT2D eigenvalue weighted by molar-refractivity contribution is 0.387. The van der Waals surface area contributed by atoms with Crippen LogP contribution in [0.1, 0.15) is 11.3 Å². The average molecular weight is 223 g/mol. The molecule has 0 atom stereocenters. The van der Waals surface area contributed by atoms with E-state index in [1.807, 2.05) is 31.2 Å². The summed E-state index contributed by atoms with van der Waals surface area (Å²) < 4.78 is 5.02. The third kappa shape index (κ3) is 2.03. The summed E-state index contributed by atoms with van der Waals surface area (Å²) in [5.41, 5.74) is 8.18. The summed E-state index contributed by atoms with van der Waals surface area (Å²) in [4.78, 5) is 0. The molecule has 0 aliphatic heterocycles. The van der Waals surface area contributed by atoms with Gasteiger partial charge in [0.05, 0.1) is 6.54 Å². The standard InChI is InChI=1S/C11H11ClN2O/c1-7-2-3-8(4-10(7)12)11-5-9(6-13)15-14-11/h2-5H,6,13H2,1H3. The molecule has 15 heavy (non-hydrogen) atoms. The summed E-state index contributed by atoms with van der Waals surface area (Å²) in [5, 5.41) is 4.64. The number of nitrogens with two attached hydrogens (primary N) is 1. The summed E-state index contributed by atoms with van der Waals surface area (Å²) in [6.07, 6.45) is 0. The minimum absolute atomic E-state index is 0.354. The maximum Gasteiger partial charge on any atom is 0.150 e. The first kappa shape index (κ1) is 10.2. The van der Waals surface area contributed by atoms with Crippen LogP contribution in [0, 0.1) is 6.92 Å². The van der Waals surface area contributed by atoms with Gasteiger partial charge >= 0.3 is 0 Å². The van der Waals surface area contributed by atoms with Gasteiger partial charge < -0.3 is 10.3 Å². The summed E-state index contributed by atoms with van der Waals surface area (Å²) in [6, 6.07) is 7.60. The lowest BCUT2D eigenvalue weighted by atomic mass is 10.1. The van der Waals surface area contributed by atoms with Crippen molar-refractivity contribution < 1.29 is 4.52 Å². The molecule has 2 rings (SSSR count). The van der Waals surface area contributed by atoms with Gasteiger partial charge in [-0.3, -0.25) is 0 Å². The third-order valence-electron chi connectivity index (χ3n) is 2.23. The number of aryl methyl sites for hydroxylation is 1. The van der Waals surface area contributed by atoms with E-state index in [0.717, 1.165) is 21.8 Å². The van der Waals surface area contributed by atoms with Gasteiger partial charge in [-0.05, 0) is 18.6 Å². The molecule has 1 heterocycles. The summed E-state index contributed by atoms with van der Waals surface area (Å²) in [7, 11) is 0. The highest BCUT2D eigenvalue weighted by Gasteiger charge is 2.06. The van der Waals surface area contributed by atoms with Gasteiger partial charge in [-0.2, -0.15) is 0 Å². The zero-order valence-electron chi connectivity index (χ0n) is 8.33. The molecule has 0 saturated heterocycles. The molecular weight excluding hydrogens is 212 g/mol. The fraction of sp³-hybridized carbons (Fsp3) is 0.182. The largest absolute Gasteiger partial charge is 0.359 e. The number of benzene rings is 1. The molecule has 2 aromatic rings. The van der Waals surface area contributed by atoms with Gasteiger partial charge in [-0.1, -0.05) is 28.9 Å². The molecule has 0 unspecified atom stereocenters. The van der Waals surface area contributed by atoms with Crippen LogP contribution < -0.4 is 5.73 Å². The second-order valence-corrected chi connectivity index (χ2v) is 3.75. The summed E-state index contributed by atoms with van der Waals surface area (Å²) >= 11 is 6.02. The van der Waals surface area contributed by atoms with Crippen LogP contribution in [-0.2, 0) is 6.54 Å². The lowest BCUT2D eigenvalue weighted by Gasteiger charge is -1.99. The van der Waals surface area contributed by atoms with Crippen molar-refractivity contribution in [1.82, 2.24) is 5.16 Å². The number of aromatic nitrogens is 1. The van der Waals surface area contributed by atoms with Crippen molar-refractivity contribution in [1.29, 1.82) is 0 Å². The number of hydrogen-bond acceptors (Lipinski definition) is 3. The van der Waals surface area contributed by atoms with Gasteiger partial charge in [-0.15, -0.1) is 0 Å². The van der Waals surface area contributed by atoms with Crippen molar-refractivity contribution in [2.24, 2.45) is 5.73 Å². The van der Waals surface area contributed by atoms with Crippen LogP contribution in [0.5, 0.6) is 0 Å². The molecule has 0 bridgehead atoms. The normalized spacial score (nSPS) is 10.6. The van der Waals surface area contributed by atoms with Crippen molar-refractivity contribution in [2.45, 2.75) is 13.5 Å². The molecule has 0 aliphatic carbocycles. The Bertz CT molecular complexity index is 479. The van der Waals surface area contributed by atoms with Gasteiger partial charge in [0, 0.05) is 16.7 Å². The predicted octanol–water partition coefficient (Wildman–Crippen LogP) is 2.76. The van der Waals surface area contributed by atoms with E-state index in [1.54, 1.807) is 0 Å². The molecule has 0 aliphatic rings. The zero-order chi connectivity index (χ0) is 10.8. The molecule has 3 nitrogen and oxygen atoms in total. The molecule has 78 valence electrons. The van der Waals surface area contributed by atoms with E-state index in [0.29, 0.717) is 12.3 Å². The molecule has 0 radical (unpaired) electrons. The summed E-state index contributed by atoms with van der Waals surface area (Å²) in [5.74, 6) is 0.668. The topological polar surface area (TPSA) is 52.0 Å². The average Bonchev–Trinajstić information content (AvgIpc) is 2.70. The number of hydrogen-bond donors (Lipinski definition) is 1. The van der Waals surface area contributed by atoms with E-state index < -0.39 is 0 Å². The second kappa shape index (κ2) is 4.04. The quantitative estimate of drug-likeness (QED) is 0.850. The van der Waals surface area contributed by atoms with E-state index in [2.05, 4.69) is 5.16 Å². The number of halogens is 1. The first-order valence-electron chi connectivity index (χ1n) is 4.63. The maximum absolute atomic E-state index is 6.02. The first-order valence-corrected chi connectivity index (χ1v) is 5.00. The van der Waals surface area contributed by atoms with E-state index in [4.69, 9.17) is 21.9 Å². The molecular formula is C11H11ClN2O. The Morgan fingerprint density at radius 3 is 2.80 bits per heavy atom. The molecule has 0 saturated carbocycles. The molecule has 1 aromatic heterocycles. The van der Waals surface area contributed by atoms with Crippen molar-refractivity contribution in [3.8, 4) is 11.3 Å². The van der Waals surface area contributed by atoms with Crippen LogP contribution >= 0.6 is 11.6 Å². The Labute approximate surface area is 92.8 Å². The molecule has 4 heteroatoms. The van der Waals surface area contributed by atoms with E-state index in [9.17, 15) is 0 Å². The smallest absolute Gasteiger partial charge is 0.150 e. The Morgan fingerprint density at radius 1 is 1.40 bits per heavy atom. The minimum Gasteiger partial charge on any atom is -0.359 e. The van der Waals surface area contributed by atoms with E-state index in [1.165, 1.54) is 0 Å². The monoisotopic (exact) mass is 222 g/mol. The van der Waals surface area contributed by atoms with Gasteiger partial charge in [0.25, 0.3) is 0 Å². The van der Waals surface area contributed by atoms with E-state index >= 15 is 0 Å². The Kier molecular flexibility index (Phi) is 2.75. The summed E-state index contributed by atoms with van der Waals surface area (Å²) in [6.45, 7) is 2.31. The Balaban J connectivity index is 2.40. The van der Waals surface area contributed by atoms with Crippen molar-refractivity contribution in [2.75, 3.05) is 0 Å². The van der Waals surface area contributed by atoms with Gasteiger partial charge in [0.1, 0.15) is 5.69 Å². The minimum atomic E-state index is 0.354. The SMILES string of the molecule is Cc1ccc(-c2cc(CN)on2)cc1Cl. The highest BCUT2D eigenvalue weighted by Crippen LogP contribution is 2.24. The van der Waals surface area contributed by atoms with Crippen LogP contribution in [0.3, 0.4) is 0 Å².